The lowest BCUT2D eigenvalue weighted by Gasteiger charge is -2.43. The zero-order valence-corrected chi connectivity index (χ0v) is 11.9. The number of rotatable bonds is 2. The number of ether oxygens (including phenoxy) is 2. The third kappa shape index (κ3) is 2.04. The van der Waals surface area contributed by atoms with Crippen LogP contribution >= 0.6 is 0 Å². The van der Waals surface area contributed by atoms with Crippen molar-refractivity contribution in [3.8, 4) is 11.5 Å². The highest BCUT2D eigenvalue weighted by molar-refractivity contribution is 5.69. The van der Waals surface area contributed by atoms with E-state index in [1.54, 1.807) is 14.2 Å². The summed E-state index contributed by atoms with van der Waals surface area (Å²) in [5.74, 6) is 3.11. The number of methoxy groups -OCH3 is 2. The fourth-order valence-electron chi connectivity index (χ4n) is 3.51. The summed E-state index contributed by atoms with van der Waals surface area (Å²) < 4.78 is 11.0. The minimum Gasteiger partial charge on any atom is -0.497 e. The van der Waals surface area contributed by atoms with Crippen molar-refractivity contribution >= 4 is 5.69 Å². The van der Waals surface area contributed by atoms with Crippen molar-refractivity contribution in [2.75, 3.05) is 45.8 Å². The molecule has 0 bridgehead atoms. The van der Waals surface area contributed by atoms with Gasteiger partial charge < -0.3 is 19.7 Å². The first-order valence-electron chi connectivity index (χ1n) is 6.92. The number of piperidine rings is 1. The highest BCUT2D eigenvalue weighted by atomic mass is 16.5. The van der Waals surface area contributed by atoms with Crippen LogP contribution in [-0.4, -0.2) is 40.9 Å². The van der Waals surface area contributed by atoms with Crippen LogP contribution in [0.2, 0.25) is 0 Å². The molecule has 104 valence electrons. The van der Waals surface area contributed by atoms with Gasteiger partial charge in [-0.3, -0.25) is 0 Å². The SMILES string of the molecule is COc1cc(OC)c2c(c1)C1CNCCC1CN2C. The number of benzene rings is 1. The van der Waals surface area contributed by atoms with Crippen LogP contribution < -0.4 is 19.7 Å². The Morgan fingerprint density at radius 1 is 1.26 bits per heavy atom. The molecule has 1 fully saturated rings. The molecule has 0 aromatic heterocycles. The molecule has 4 nitrogen and oxygen atoms in total. The zero-order valence-electron chi connectivity index (χ0n) is 11.9. The molecular weight excluding hydrogens is 240 g/mol. The Morgan fingerprint density at radius 2 is 2.11 bits per heavy atom. The van der Waals surface area contributed by atoms with Gasteiger partial charge in [-0.1, -0.05) is 0 Å². The van der Waals surface area contributed by atoms with E-state index >= 15 is 0 Å². The van der Waals surface area contributed by atoms with Crippen molar-refractivity contribution in [2.45, 2.75) is 12.3 Å². The smallest absolute Gasteiger partial charge is 0.146 e. The van der Waals surface area contributed by atoms with Crippen LogP contribution in [0.3, 0.4) is 0 Å². The van der Waals surface area contributed by atoms with Gasteiger partial charge in [0.25, 0.3) is 0 Å². The Bertz CT molecular complexity index is 475. The molecule has 2 heterocycles. The van der Waals surface area contributed by atoms with Gasteiger partial charge in [0.2, 0.25) is 0 Å². The third-order valence-corrected chi connectivity index (χ3v) is 4.45. The molecule has 1 aromatic rings. The predicted molar refractivity (Wildman–Crippen MR) is 76.5 cm³/mol. The molecule has 2 unspecified atom stereocenters. The molecule has 2 atom stereocenters. The summed E-state index contributed by atoms with van der Waals surface area (Å²) in [6.07, 6.45) is 1.24. The van der Waals surface area contributed by atoms with Crippen LogP contribution in [0.5, 0.6) is 11.5 Å². The third-order valence-electron chi connectivity index (χ3n) is 4.45. The lowest BCUT2D eigenvalue weighted by Crippen LogP contribution is -2.44. The van der Waals surface area contributed by atoms with Crippen LogP contribution in [0.4, 0.5) is 5.69 Å². The molecular formula is C15H22N2O2. The second-order valence-electron chi connectivity index (χ2n) is 5.51. The Hall–Kier alpha value is -1.42. The predicted octanol–water partition coefficient (Wildman–Crippen LogP) is 1.85. The van der Waals surface area contributed by atoms with E-state index in [1.165, 1.54) is 17.7 Å². The van der Waals surface area contributed by atoms with E-state index in [4.69, 9.17) is 9.47 Å². The maximum Gasteiger partial charge on any atom is 0.146 e. The van der Waals surface area contributed by atoms with Crippen molar-refractivity contribution < 1.29 is 9.47 Å². The van der Waals surface area contributed by atoms with Crippen molar-refractivity contribution in [2.24, 2.45) is 5.92 Å². The molecule has 1 aromatic carbocycles. The van der Waals surface area contributed by atoms with E-state index in [1.807, 2.05) is 6.07 Å². The van der Waals surface area contributed by atoms with Gasteiger partial charge in [0, 0.05) is 32.1 Å². The first-order chi connectivity index (χ1) is 9.24. The Balaban J connectivity index is 2.11. The van der Waals surface area contributed by atoms with E-state index in [0.717, 1.165) is 37.1 Å². The molecule has 0 amide bonds. The summed E-state index contributed by atoms with van der Waals surface area (Å²) in [5, 5.41) is 3.51. The highest BCUT2D eigenvalue weighted by Crippen LogP contribution is 2.46. The number of nitrogens with zero attached hydrogens (tertiary/aromatic N) is 1. The largest absolute Gasteiger partial charge is 0.497 e. The standard InChI is InChI=1S/C15H22N2O2/c1-17-9-10-4-5-16-8-13(10)12-6-11(18-2)7-14(19-3)15(12)17/h6-7,10,13,16H,4-5,8-9H2,1-3H3. The van der Waals surface area contributed by atoms with Gasteiger partial charge in [-0.2, -0.15) is 0 Å². The normalized spacial score (nSPS) is 25.5. The summed E-state index contributed by atoms with van der Waals surface area (Å²) in [4.78, 5) is 2.33. The Morgan fingerprint density at radius 3 is 2.84 bits per heavy atom. The summed E-state index contributed by atoms with van der Waals surface area (Å²) in [6, 6.07) is 4.16. The van der Waals surface area contributed by atoms with Crippen LogP contribution in [0.15, 0.2) is 12.1 Å². The molecule has 1 saturated heterocycles. The molecule has 3 rings (SSSR count). The topological polar surface area (TPSA) is 33.7 Å². The van der Waals surface area contributed by atoms with Gasteiger partial charge in [-0.25, -0.2) is 0 Å². The van der Waals surface area contributed by atoms with Crippen molar-refractivity contribution in [1.82, 2.24) is 5.32 Å². The summed E-state index contributed by atoms with van der Waals surface area (Å²) in [5.41, 5.74) is 2.59. The molecule has 0 radical (unpaired) electrons. The van der Waals surface area contributed by atoms with E-state index in [-0.39, 0.29) is 0 Å². The second kappa shape index (κ2) is 4.93. The molecule has 1 N–H and O–H groups in total. The Labute approximate surface area is 114 Å². The average molecular weight is 262 g/mol. The summed E-state index contributed by atoms with van der Waals surface area (Å²) in [6.45, 7) is 3.30. The van der Waals surface area contributed by atoms with E-state index in [2.05, 4.69) is 23.3 Å². The maximum absolute atomic E-state index is 5.56. The average Bonchev–Trinajstić information content (AvgIpc) is 2.46. The quantitative estimate of drug-likeness (QED) is 0.882. The van der Waals surface area contributed by atoms with E-state index in [0.29, 0.717) is 5.92 Å². The maximum atomic E-state index is 5.56. The van der Waals surface area contributed by atoms with E-state index in [9.17, 15) is 0 Å². The van der Waals surface area contributed by atoms with Crippen molar-refractivity contribution in [1.29, 1.82) is 0 Å². The van der Waals surface area contributed by atoms with Gasteiger partial charge in [-0.15, -0.1) is 0 Å². The monoisotopic (exact) mass is 262 g/mol. The molecule has 0 spiro atoms. The van der Waals surface area contributed by atoms with E-state index < -0.39 is 0 Å². The number of nitrogens with one attached hydrogen (secondary N) is 1. The van der Waals surface area contributed by atoms with Crippen LogP contribution in [-0.2, 0) is 0 Å². The number of fused-ring (bicyclic) bond motifs is 3. The van der Waals surface area contributed by atoms with Crippen molar-refractivity contribution in [3.63, 3.8) is 0 Å². The van der Waals surface area contributed by atoms with Gasteiger partial charge in [-0.05, 0) is 30.5 Å². The summed E-state index contributed by atoms with van der Waals surface area (Å²) >= 11 is 0. The lowest BCUT2D eigenvalue weighted by atomic mass is 9.77. The molecule has 19 heavy (non-hydrogen) atoms. The molecule has 2 aliphatic rings. The molecule has 2 aliphatic heterocycles. The van der Waals surface area contributed by atoms with Crippen LogP contribution in [0, 0.1) is 5.92 Å². The minimum absolute atomic E-state index is 0.573. The van der Waals surface area contributed by atoms with Gasteiger partial charge in [0.1, 0.15) is 11.5 Å². The Kier molecular flexibility index (Phi) is 3.27. The van der Waals surface area contributed by atoms with Gasteiger partial charge >= 0.3 is 0 Å². The van der Waals surface area contributed by atoms with Gasteiger partial charge in [0.15, 0.2) is 0 Å². The molecule has 0 saturated carbocycles. The van der Waals surface area contributed by atoms with Crippen molar-refractivity contribution in [3.05, 3.63) is 17.7 Å². The fourth-order valence-corrected chi connectivity index (χ4v) is 3.51. The van der Waals surface area contributed by atoms with Crippen LogP contribution in [0.25, 0.3) is 0 Å². The first-order valence-corrected chi connectivity index (χ1v) is 6.92. The zero-order chi connectivity index (χ0) is 13.4. The highest BCUT2D eigenvalue weighted by Gasteiger charge is 2.35. The minimum atomic E-state index is 0.573. The first kappa shape index (κ1) is 12.6. The second-order valence-corrected chi connectivity index (χ2v) is 5.51. The number of hydrogen-bond acceptors (Lipinski definition) is 4. The number of hydrogen-bond donors (Lipinski definition) is 1. The molecule has 4 heteroatoms. The van der Waals surface area contributed by atoms with Crippen LogP contribution in [0.1, 0.15) is 17.9 Å². The number of anilines is 1. The molecule has 0 aliphatic carbocycles. The van der Waals surface area contributed by atoms with Gasteiger partial charge in [0.05, 0.1) is 19.9 Å². The summed E-state index contributed by atoms with van der Waals surface area (Å²) in [7, 11) is 5.60. The lowest BCUT2D eigenvalue weighted by molar-refractivity contribution is 0.311. The fraction of sp³-hybridized carbons (Fsp3) is 0.600.